The molecule has 0 heterocycles. The topological polar surface area (TPSA) is 58.9 Å². The average Bonchev–Trinajstić information content (AvgIpc) is 3.10. The van der Waals surface area contributed by atoms with Crippen LogP contribution in [0.15, 0.2) is 12.1 Å². The number of methoxy groups -OCH3 is 2. The number of rotatable bonds is 4. The first kappa shape index (κ1) is 11.1. The van der Waals surface area contributed by atoms with Gasteiger partial charge in [-0.3, -0.25) is 0 Å². The lowest BCUT2D eigenvalue weighted by Crippen LogP contribution is -2.12. The molecule has 1 aromatic rings. The Balaban J connectivity index is 2.47. The first-order valence-electron chi connectivity index (χ1n) is 5.23. The number of phenols is 1. The maximum Gasteiger partial charge on any atom is 0.200 e. The van der Waals surface area contributed by atoms with Gasteiger partial charge in [0.05, 0.1) is 20.8 Å². The molecule has 4 nitrogen and oxygen atoms in total. The van der Waals surface area contributed by atoms with Crippen molar-refractivity contribution in [3.8, 4) is 17.2 Å². The van der Waals surface area contributed by atoms with E-state index in [4.69, 9.17) is 9.47 Å². The Morgan fingerprint density at radius 2 is 1.69 bits per heavy atom. The second-order valence-corrected chi connectivity index (χ2v) is 4.17. The molecule has 0 aliphatic heterocycles. The summed E-state index contributed by atoms with van der Waals surface area (Å²) in [5, 5.41) is 19.1. The number of ether oxygens (including phenoxy) is 2. The molecule has 16 heavy (non-hydrogen) atoms. The first-order chi connectivity index (χ1) is 7.66. The number of hydrogen-bond donors (Lipinski definition) is 2. The van der Waals surface area contributed by atoms with E-state index in [2.05, 4.69) is 0 Å². The Bertz CT molecular complexity index is 371. The van der Waals surface area contributed by atoms with E-state index in [-0.39, 0.29) is 17.8 Å². The molecule has 0 spiro atoms. The van der Waals surface area contributed by atoms with Crippen LogP contribution in [-0.2, 0) is 5.41 Å². The van der Waals surface area contributed by atoms with Gasteiger partial charge in [-0.15, -0.1) is 0 Å². The average molecular weight is 224 g/mol. The predicted octanol–water partition coefficient (Wildman–Crippen LogP) is 1.43. The number of benzene rings is 1. The maximum atomic E-state index is 9.76. The highest BCUT2D eigenvalue weighted by molar-refractivity contribution is 5.55. The Hall–Kier alpha value is -1.42. The van der Waals surface area contributed by atoms with Crippen LogP contribution in [0.4, 0.5) is 0 Å². The minimum Gasteiger partial charge on any atom is -0.502 e. The van der Waals surface area contributed by atoms with Gasteiger partial charge >= 0.3 is 0 Å². The lowest BCUT2D eigenvalue weighted by Gasteiger charge is -2.16. The third-order valence-corrected chi connectivity index (χ3v) is 3.25. The quantitative estimate of drug-likeness (QED) is 0.812. The third kappa shape index (κ3) is 1.59. The Morgan fingerprint density at radius 3 is 2.00 bits per heavy atom. The summed E-state index contributed by atoms with van der Waals surface area (Å²) in [6.07, 6.45) is 1.92. The summed E-state index contributed by atoms with van der Waals surface area (Å²) < 4.78 is 10.2. The lowest BCUT2D eigenvalue weighted by molar-refractivity contribution is 0.254. The van der Waals surface area contributed by atoms with Crippen molar-refractivity contribution in [3.05, 3.63) is 17.7 Å². The van der Waals surface area contributed by atoms with Gasteiger partial charge in [0, 0.05) is 5.41 Å². The molecule has 0 aromatic heterocycles. The molecule has 4 heteroatoms. The van der Waals surface area contributed by atoms with E-state index in [0.29, 0.717) is 11.5 Å². The highest BCUT2D eigenvalue weighted by Crippen LogP contribution is 2.51. The van der Waals surface area contributed by atoms with E-state index in [1.165, 1.54) is 14.2 Å². The normalized spacial score (nSPS) is 16.9. The SMILES string of the molecule is COc1cc(C2(CO)CC2)cc(OC)c1O. The molecule has 1 aromatic carbocycles. The number of aliphatic hydroxyl groups excluding tert-OH is 1. The molecule has 0 saturated heterocycles. The van der Waals surface area contributed by atoms with Crippen LogP contribution in [0.3, 0.4) is 0 Å². The fourth-order valence-electron chi connectivity index (χ4n) is 1.89. The second-order valence-electron chi connectivity index (χ2n) is 4.17. The summed E-state index contributed by atoms with van der Waals surface area (Å²) in [4.78, 5) is 0. The number of phenolic OH excluding ortho intramolecular Hbond substituents is 1. The van der Waals surface area contributed by atoms with Crippen molar-refractivity contribution >= 4 is 0 Å². The molecule has 2 rings (SSSR count). The van der Waals surface area contributed by atoms with Crippen molar-refractivity contribution in [2.75, 3.05) is 20.8 Å². The van der Waals surface area contributed by atoms with E-state index in [1.807, 2.05) is 0 Å². The van der Waals surface area contributed by atoms with Gasteiger partial charge in [-0.05, 0) is 30.5 Å². The van der Waals surface area contributed by atoms with Crippen LogP contribution in [0, 0.1) is 0 Å². The molecule has 1 aliphatic rings. The van der Waals surface area contributed by atoms with Gasteiger partial charge in [-0.1, -0.05) is 0 Å². The van der Waals surface area contributed by atoms with Gasteiger partial charge in [0.15, 0.2) is 11.5 Å². The van der Waals surface area contributed by atoms with E-state index in [9.17, 15) is 10.2 Å². The maximum absolute atomic E-state index is 9.76. The highest BCUT2D eigenvalue weighted by atomic mass is 16.5. The molecule has 1 fully saturated rings. The van der Waals surface area contributed by atoms with Crippen molar-refractivity contribution in [1.29, 1.82) is 0 Å². The summed E-state index contributed by atoms with van der Waals surface area (Å²) in [5.41, 5.74) is 0.801. The second kappa shape index (κ2) is 3.87. The minimum absolute atomic E-state index is 0.00231. The van der Waals surface area contributed by atoms with Crippen molar-refractivity contribution in [3.63, 3.8) is 0 Å². The largest absolute Gasteiger partial charge is 0.502 e. The summed E-state index contributed by atoms with van der Waals surface area (Å²) in [6.45, 7) is 0.115. The van der Waals surface area contributed by atoms with Gasteiger partial charge in [0.25, 0.3) is 0 Å². The summed E-state index contributed by atoms with van der Waals surface area (Å²) >= 11 is 0. The Labute approximate surface area is 94.4 Å². The minimum atomic E-state index is -0.158. The van der Waals surface area contributed by atoms with Crippen LogP contribution in [0.25, 0.3) is 0 Å². The number of hydrogen-bond acceptors (Lipinski definition) is 4. The van der Waals surface area contributed by atoms with Crippen molar-refractivity contribution in [1.82, 2.24) is 0 Å². The first-order valence-corrected chi connectivity index (χ1v) is 5.23. The zero-order valence-electron chi connectivity index (χ0n) is 9.49. The van der Waals surface area contributed by atoms with E-state index >= 15 is 0 Å². The van der Waals surface area contributed by atoms with Gasteiger partial charge in [-0.25, -0.2) is 0 Å². The Kier molecular flexibility index (Phi) is 2.68. The zero-order valence-corrected chi connectivity index (χ0v) is 9.49. The molecule has 0 atom stereocenters. The standard InChI is InChI=1S/C12H16O4/c1-15-9-5-8(12(7-13)3-4-12)6-10(16-2)11(9)14/h5-6,13-14H,3-4,7H2,1-2H3. The fraction of sp³-hybridized carbons (Fsp3) is 0.500. The van der Waals surface area contributed by atoms with Crippen LogP contribution >= 0.6 is 0 Å². The van der Waals surface area contributed by atoms with Gasteiger partial charge in [-0.2, -0.15) is 0 Å². The van der Waals surface area contributed by atoms with Gasteiger partial charge in [0.1, 0.15) is 0 Å². The molecule has 88 valence electrons. The van der Waals surface area contributed by atoms with Crippen LogP contribution in [0.1, 0.15) is 18.4 Å². The molecule has 1 aliphatic carbocycles. The Morgan fingerprint density at radius 1 is 1.19 bits per heavy atom. The lowest BCUT2D eigenvalue weighted by atomic mass is 9.96. The molecule has 0 radical (unpaired) electrons. The van der Waals surface area contributed by atoms with Crippen molar-refractivity contribution in [2.45, 2.75) is 18.3 Å². The predicted molar refractivity (Wildman–Crippen MR) is 59.2 cm³/mol. The molecule has 2 N–H and O–H groups in total. The number of aromatic hydroxyl groups is 1. The van der Waals surface area contributed by atoms with Crippen molar-refractivity contribution in [2.24, 2.45) is 0 Å². The summed E-state index contributed by atoms with van der Waals surface area (Å²) in [5.74, 6) is 0.769. The number of aliphatic hydroxyl groups is 1. The molecule has 0 amide bonds. The van der Waals surface area contributed by atoms with Crippen LogP contribution in [-0.4, -0.2) is 31.0 Å². The van der Waals surface area contributed by atoms with Crippen LogP contribution < -0.4 is 9.47 Å². The summed E-state index contributed by atoms with van der Waals surface area (Å²) in [7, 11) is 2.99. The zero-order chi connectivity index (χ0) is 11.8. The molecule has 0 unspecified atom stereocenters. The van der Waals surface area contributed by atoms with Gasteiger partial charge < -0.3 is 19.7 Å². The highest BCUT2D eigenvalue weighted by Gasteiger charge is 2.44. The molecular weight excluding hydrogens is 208 g/mol. The van der Waals surface area contributed by atoms with Crippen LogP contribution in [0.2, 0.25) is 0 Å². The molecular formula is C12H16O4. The van der Waals surface area contributed by atoms with Crippen LogP contribution in [0.5, 0.6) is 17.2 Å². The third-order valence-electron chi connectivity index (χ3n) is 3.25. The smallest absolute Gasteiger partial charge is 0.200 e. The fourth-order valence-corrected chi connectivity index (χ4v) is 1.89. The van der Waals surface area contributed by atoms with Crippen molar-refractivity contribution < 1.29 is 19.7 Å². The van der Waals surface area contributed by atoms with E-state index in [0.717, 1.165) is 18.4 Å². The molecule has 0 bridgehead atoms. The summed E-state index contributed by atoms with van der Waals surface area (Å²) in [6, 6.07) is 3.53. The monoisotopic (exact) mass is 224 g/mol. The van der Waals surface area contributed by atoms with E-state index in [1.54, 1.807) is 12.1 Å². The van der Waals surface area contributed by atoms with E-state index < -0.39 is 0 Å². The van der Waals surface area contributed by atoms with Gasteiger partial charge in [0.2, 0.25) is 5.75 Å². The molecule has 1 saturated carbocycles.